The minimum absolute atomic E-state index is 0.224. The van der Waals surface area contributed by atoms with Gasteiger partial charge in [-0.1, -0.05) is 24.3 Å². The summed E-state index contributed by atoms with van der Waals surface area (Å²) in [6, 6.07) is 8.23. The zero-order chi connectivity index (χ0) is 20.0. The Kier molecular flexibility index (Phi) is 4.46. The van der Waals surface area contributed by atoms with Gasteiger partial charge in [0.1, 0.15) is 11.5 Å². The summed E-state index contributed by atoms with van der Waals surface area (Å²) in [6.45, 7) is 5.79. The lowest BCUT2D eigenvalue weighted by Gasteiger charge is -2.59. The zero-order valence-corrected chi connectivity index (χ0v) is 17.1. The number of pyridine rings is 1. The number of aryl methyl sites for hydroxylation is 1. The Hall–Kier alpha value is -2.60. The molecule has 2 aliphatic rings. The standard InChI is InChI=1S/C23H27N5O/c1-3-6-28-14-23(15-28)10-19(11-23)22(29)9-20-8-18-7-16(4-5-17(18)12-24-20)21-13-27(2)26-25-21/h4-5,7-8,12-13,19H,3,6,9-11,14-15H2,1-2H3. The van der Waals surface area contributed by atoms with Gasteiger partial charge in [0.2, 0.25) is 0 Å². The maximum Gasteiger partial charge on any atom is 0.141 e. The van der Waals surface area contributed by atoms with Crippen molar-refractivity contribution in [3.8, 4) is 11.3 Å². The quantitative estimate of drug-likeness (QED) is 0.647. The predicted molar refractivity (Wildman–Crippen MR) is 112 cm³/mol. The third-order valence-corrected chi connectivity index (χ3v) is 6.50. The van der Waals surface area contributed by atoms with Crippen LogP contribution in [0.5, 0.6) is 0 Å². The van der Waals surface area contributed by atoms with E-state index in [0.717, 1.165) is 40.6 Å². The van der Waals surface area contributed by atoms with Crippen molar-refractivity contribution in [1.82, 2.24) is 24.9 Å². The van der Waals surface area contributed by atoms with Gasteiger partial charge in [-0.15, -0.1) is 5.10 Å². The Bertz CT molecular complexity index is 1060. The van der Waals surface area contributed by atoms with E-state index in [-0.39, 0.29) is 5.92 Å². The van der Waals surface area contributed by atoms with Crippen LogP contribution in [0.15, 0.2) is 36.7 Å². The number of hydrogen-bond acceptors (Lipinski definition) is 5. The molecule has 3 heterocycles. The molecule has 0 radical (unpaired) electrons. The van der Waals surface area contributed by atoms with Gasteiger partial charge in [-0.05, 0) is 48.7 Å². The molecule has 5 rings (SSSR count). The van der Waals surface area contributed by atoms with E-state index in [0.29, 0.717) is 17.6 Å². The Morgan fingerprint density at radius 3 is 2.76 bits per heavy atom. The molecule has 0 amide bonds. The summed E-state index contributed by atoms with van der Waals surface area (Å²) in [7, 11) is 1.86. The highest BCUT2D eigenvalue weighted by Gasteiger charge is 2.53. The second-order valence-corrected chi connectivity index (χ2v) is 8.97. The number of aromatic nitrogens is 4. The largest absolute Gasteiger partial charge is 0.302 e. The minimum atomic E-state index is 0.224. The fraction of sp³-hybridized carbons (Fsp3) is 0.478. The minimum Gasteiger partial charge on any atom is -0.302 e. The molecular weight excluding hydrogens is 362 g/mol. The number of likely N-dealkylation sites (tertiary alicyclic amines) is 1. The number of fused-ring (bicyclic) bond motifs is 1. The highest BCUT2D eigenvalue weighted by molar-refractivity contribution is 5.88. The molecule has 1 spiro atoms. The maximum absolute atomic E-state index is 12.8. The van der Waals surface area contributed by atoms with E-state index in [1.807, 2.05) is 37.6 Å². The van der Waals surface area contributed by atoms with Crippen molar-refractivity contribution in [2.75, 3.05) is 19.6 Å². The average Bonchev–Trinajstić information content (AvgIpc) is 3.08. The van der Waals surface area contributed by atoms with Gasteiger partial charge in [-0.25, -0.2) is 0 Å². The van der Waals surface area contributed by atoms with Crippen LogP contribution in [0.2, 0.25) is 0 Å². The summed E-state index contributed by atoms with van der Waals surface area (Å²) in [5, 5.41) is 10.4. The first-order valence-electron chi connectivity index (χ1n) is 10.5. The summed E-state index contributed by atoms with van der Waals surface area (Å²) in [5.41, 5.74) is 3.18. The second-order valence-electron chi connectivity index (χ2n) is 8.97. The molecule has 1 aromatic carbocycles. The molecule has 29 heavy (non-hydrogen) atoms. The highest BCUT2D eigenvalue weighted by atomic mass is 16.1. The van der Waals surface area contributed by atoms with Gasteiger partial charge in [-0.3, -0.25) is 14.5 Å². The molecule has 2 aromatic heterocycles. The molecule has 1 aliphatic heterocycles. The Labute approximate surface area is 170 Å². The average molecular weight is 390 g/mol. The van der Waals surface area contributed by atoms with Crippen molar-refractivity contribution >= 4 is 16.6 Å². The lowest BCUT2D eigenvalue weighted by Crippen LogP contribution is -2.63. The molecule has 6 heteroatoms. The van der Waals surface area contributed by atoms with Crippen molar-refractivity contribution in [3.63, 3.8) is 0 Å². The fourth-order valence-corrected chi connectivity index (χ4v) is 5.09. The zero-order valence-electron chi connectivity index (χ0n) is 17.1. The molecule has 150 valence electrons. The molecule has 0 unspecified atom stereocenters. The van der Waals surface area contributed by atoms with E-state index in [1.54, 1.807) is 4.68 Å². The number of carbonyl (C=O) groups is 1. The van der Waals surface area contributed by atoms with E-state index in [2.05, 4.69) is 33.2 Å². The van der Waals surface area contributed by atoms with E-state index in [9.17, 15) is 4.79 Å². The third-order valence-electron chi connectivity index (χ3n) is 6.50. The van der Waals surface area contributed by atoms with E-state index < -0.39 is 0 Å². The van der Waals surface area contributed by atoms with Crippen LogP contribution in [0.1, 0.15) is 31.9 Å². The van der Waals surface area contributed by atoms with Gasteiger partial charge in [0.05, 0.1) is 6.20 Å². The van der Waals surface area contributed by atoms with Crippen LogP contribution in [0.3, 0.4) is 0 Å². The summed E-state index contributed by atoms with van der Waals surface area (Å²) >= 11 is 0. The van der Waals surface area contributed by atoms with Crippen molar-refractivity contribution in [2.45, 2.75) is 32.6 Å². The third kappa shape index (κ3) is 3.46. The predicted octanol–water partition coefficient (Wildman–Crippen LogP) is 3.26. The summed E-state index contributed by atoms with van der Waals surface area (Å²) in [5.74, 6) is 0.573. The topological polar surface area (TPSA) is 63.9 Å². The summed E-state index contributed by atoms with van der Waals surface area (Å²) in [6.07, 6.45) is 7.55. The van der Waals surface area contributed by atoms with Gasteiger partial charge in [0, 0.05) is 55.3 Å². The number of nitrogens with zero attached hydrogens (tertiary/aromatic N) is 5. The molecule has 1 saturated heterocycles. The van der Waals surface area contributed by atoms with Gasteiger partial charge >= 0.3 is 0 Å². The van der Waals surface area contributed by atoms with Gasteiger partial charge < -0.3 is 4.90 Å². The Balaban J connectivity index is 1.25. The van der Waals surface area contributed by atoms with E-state index in [4.69, 9.17) is 0 Å². The molecule has 1 saturated carbocycles. The number of Topliss-reactive ketones (excluding diaryl/α,β-unsaturated/α-hetero) is 1. The van der Waals surface area contributed by atoms with Crippen molar-refractivity contribution in [2.24, 2.45) is 18.4 Å². The van der Waals surface area contributed by atoms with Crippen LogP contribution in [0.4, 0.5) is 0 Å². The second kappa shape index (κ2) is 7.02. The number of hydrogen-bond donors (Lipinski definition) is 0. The SMILES string of the molecule is CCCN1CC2(CC(C(=O)Cc3cc4cc(-c5cn(C)nn5)ccc4cn3)C2)C1. The number of carbonyl (C=O) groups excluding carboxylic acids is 1. The van der Waals surface area contributed by atoms with Gasteiger partial charge in [0.15, 0.2) is 0 Å². The molecule has 2 fully saturated rings. The van der Waals surface area contributed by atoms with Gasteiger partial charge in [-0.2, -0.15) is 0 Å². The first-order chi connectivity index (χ1) is 14.0. The first kappa shape index (κ1) is 18.4. The summed E-state index contributed by atoms with van der Waals surface area (Å²) < 4.78 is 1.70. The Morgan fingerprint density at radius 2 is 2.03 bits per heavy atom. The number of benzene rings is 1. The molecule has 3 aromatic rings. The monoisotopic (exact) mass is 389 g/mol. The van der Waals surface area contributed by atoms with Crippen molar-refractivity contribution < 1.29 is 4.79 Å². The molecule has 1 aliphatic carbocycles. The van der Waals surface area contributed by atoms with Crippen molar-refractivity contribution in [1.29, 1.82) is 0 Å². The van der Waals surface area contributed by atoms with E-state index >= 15 is 0 Å². The fourth-order valence-electron chi connectivity index (χ4n) is 5.09. The number of ketones is 1. The lowest BCUT2D eigenvalue weighted by atomic mass is 9.56. The highest BCUT2D eigenvalue weighted by Crippen LogP contribution is 2.52. The van der Waals surface area contributed by atoms with Crippen molar-refractivity contribution in [3.05, 3.63) is 42.4 Å². The van der Waals surface area contributed by atoms with Crippen LogP contribution in [-0.2, 0) is 18.3 Å². The molecule has 0 atom stereocenters. The Morgan fingerprint density at radius 1 is 1.21 bits per heavy atom. The van der Waals surface area contributed by atoms with Crippen LogP contribution in [-0.4, -0.2) is 50.3 Å². The van der Waals surface area contributed by atoms with Gasteiger partial charge in [0.25, 0.3) is 0 Å². The van der Waals surface area contributed by atoms with Crippen LogP contribution in [0, 0.1) is 11.3 Å². The molecule has 0 N–H and O–H groups in total. The first-order valence-corrected chi connectivity index (χ1v) is 10.5. The summed E-state index contributed by atoms with van der Waals surface area (Å²) in [4.78, 5) is 19.8. The molecular formula is C23H27N5O. The molecule has 6 nitrogen and oxygen atoms in total. The number of rotatable bonds is 6. The molecule has 0 bridgehead atoms. The smallest absolute Gasteiger partial charge is 0.141 e. The van der Waals surface area contributed by atoms with Crippen LogP contribution in [0.25, 0.3) is 22.0 Å². The lowest BCUT2D eigenvalue weighted by molar-refractivity contribution is -0.141. The maximum atomic E-state index is 12.8. The normalized spacial score (nSPS) is 18.7. The van der Waals surface area contributed by atoms with E-state index in [1.165, 1.54) is 26.1 Å². The van der Waals surface area contributed by atoms with Crippen LogP contribution >= 0.6 is 0 Å². The van der Waals surface area contributed by atoms with Crippen LogP contribution < -0.4 is 0 Å².